The molecule has 3 aliphatic rings. The number of thiazole rings is 1. The molecule has 3 aromatic heterocycles. The van der Waals surface area contributed by atoms with E-state index in [1.165, 1.54) is 27.1 Å². The highest BCUT2D eigenvalue weighted by Crippen LogP contribution is 2.42. The molecule has 16 heteroatoms. The molecule has 5 heterocycles. The molecule has 0 radical (unpaired) electrons. The standard InChI is InChI=1S/C35H43N5O3S.C16H30N4O3.2H2/c1-7-39-29-13-12-23-17-25(29)26(32(39)24-10-8-14-36-31(24)21(2)3)18-35(5,6)20-43-34(42)27-11-9-15-40(38-27)33(41)22(4)16-30-37-28(23)19-44-30;1-7-13(21)18(4)11-8-12(9-11)19(5)16(23)20(6)14(10(2)3)15(17)22;;/h8,10,12-14,17,19,21-22,27,38H,7,9,11,15-16,18,20H2,1-6H3;10-12,14H,7-9H2,1-6H3,(H2,17,22);2*1H/t22-,27-;11?,12?,14-;;/m00../s1. The van der Waals surface area contributed by atoms with E-state index in [4.69, 9.17) is 20.4 Å². The lowest BCUT2D eigenvalue weighted by Gasteiger charge is -2.46. The number of aryl methyl sites for hydroxylation is 1. The number of benzene rings is 1. The number of esters is 1. The highest BCUT2D eigenvalue weighted by atomic mass is 32.1. The van der Waals surface area contributed by atoms with E-state index < -0.39 is 18.0 Å². The number of amides is 5. The zero-order valence-electron chi connectivity index (χ0n) is 41.7. The molecule has 6 bridgehead atoms. The predicted octanol–water partition coefficient (Wildman–Crippen LogP) is 8.14. The summed E-state index contributed by atoms with van der Waals surface area (Å²) in [5.41, 5.74) is 16.0. The molecular weight excluding hydrogens is 867 g/mol. The number of cyclic esters (lactones) is 1. The third kappa shape index (κ3) is 11.2. The van der Waals surface area contributed by atoms with E-state index in [1.54, 1.807) is 40.2 Å². The minimum atomic E-state index is -0.620. The van der Waals surface area contributed by atoms with Crippen molar-refractivity contribution in [3.05, 3.63) is 58.2 Å². The quantitative estimate of drug-likeness (QED) is 0.157. The molecule has 4 aromatic rings. The molecule has 1 saturated heterocycles. The van der Waals surface area contributed by atoms with Crippen molar-refractivity contribution in [2.45, 2.75) is 144 Å². The molecule has 1 aromatic carbocycles. The van der Waals surface area contributed by atoms with Crippen LogP contribution in [0.15, 0.2) is 41.9 Å². The number of primary amides is 1. The number of fused-ring (bicyclic) bond motifs is 6. The number of rotatable bonds is 9. The predicted molar refractivity (Wildman–Crippen MR) is 268 cm³/mol. The average molecular weight is 944 g/mol. The lowest BCUT2D eigenvalue weighted by Crippen LogP contribution is -2.59. The first-order valence-corrected chi connectivity index (χ1v) is 24.9. The van der Waals surface area contributed by atoms with Crippen molar-refractivity contribution in [2.24, 2.45) is 23.0 Å². The van der Waals surface area contributed by atoms with Crippen molar-refractivity contribution in [1.29, 1.82) is 0 Å². The van der Waals surface area contributed by atoms with Crippen LogP contribution in [0.3, 0.4) is 0 Å². The van der Waals surface area contributed by atoms with Crippen LogP contribution in [-0.2, 0) is 43.3 Å². The van der Waals surface area contributed by atoms with Gasteiger partial charge in [0.1, 0.15) is 12.1 Å². The molecule has 3 N–H and O–H groups in total. The number of nitrogens with zero attached hydrogens (tertiary/aromatic N) is 7. The van der Waals surface area contributed by atoms with Crippen LogP contribution in [0.1, 0.15) is 119 Å². The van der Waals surface area contributed by atoms with Crippen LogP contribution in [-0.4, -0.2) is 122 Å². The van der Waals surface area contributed by atoms with Gasteiger partial charge in [-0.05, 0) is 80.7 Å². The smallest absolute Gasteiger partial charge is 0.324 e. The van der Waals surface area contributed by atoms with Gasteiger partial charge in [0.2, 0.25) is 17.7 Å². The molecule has 0 unspecified atom stereocenters. The van der Waals surface area contributed by atoms with E-state index in [1.807, 2.05) is 47.0 Å². The Kier molecular flexibility index (Phi) is 16.2. The van der Waals surface area contributed by atoms with Crippen molar-refractivity contribution in [3.8, 4) is 22.5 Å². The number of urea groups is 1. The van der Waals surface area contributed by atoms with E-state index in [-0.39, 0.29) is 68.5 Å². The van der Waals surface area contributed by atoms with E-state index in [0.29, 0.717) is 32.2 Å². The Balaban J connectivity index is 0.000000354. The zero-order chi connectivity index (χ0) is 49.1. The second-order valence-electron chi connectivity index (χ2n) is 20.1. The second-order valence-corrected chi connectivity index (χ2v) is 21.1. The van der Waals surface area contributed by atoms with E-state index in [2.05, 4.69) is 74.3 Å². The lowest BCUT2D eigenvalue weighted by atomic mass is 9.84. The Hall–Kier alpha value is -5.35. The lowest BCUT2D eigenvalue weighted by molar-refractivity contribution is -0.155. The van der Waals surface area contributed by atoms with Crippen molar-refractivity contribution < 1.29 is 31.6 Å². The van der Waals surface area contributed by atoms with Gasteiger partial charge in [-0.2, -0.15) is 0 Å². The minimum absolute atomic E-state index is 0. The van der Waals surface area contributed by atoms with Crippen LogP contribution in [0.25, 0.3) is 33.4 Å². The van der Waals surface area contributed by atoms with Crippen molar-refractivity contribution in [3.63, 3.8) is 0 Å². The Morgan fingerprint density at radius 1 is 1.04 bits per heavy atom. The van der Waals surface area contributed by atoms with Crippen molar-refractivity contribution >= 4 is 52.0 Å². The summed E-state index contributed by atoms with van der Waals surface area (Å²) in [5, 5.41) is 5.83. The molecule has 368 valence electrons. The number of hydrogen-bond donors (Lipinski definition) is 2. The highest BCUT2D eigenvalue weighted by Gasteiger charge is 2.40. The van der Waals surface area contributed by atoms with Crippen molar-refractivity contribution in [2.75, 3.05) is 34.3 Å². The van der Waals surface area contributed by atoms with Gasteiger partial charge < -0.3 is 29.7 Å². The Bertz CT molecular complexity index is 2450. The molecule has 5 amide bonds. The summed E-state index contributed by atoms with van der Waals surface area (Å²) < 4.78 is 8.40. The maximum Gasteiger partial charge on any atom is 0.324 e. The number of likely N-dealkylation sites (N-methyl/N-ethyl adjacent to an activating group) is 1. The fourth-order valence-corrected chi connectivity index (χ4v) is 10.7. The number of pyridine rings is 1. The third-order valence-corrected chi connectivity index (χ3v) is 14.6. The molecule has 2 fully saturated rings. The Morgan fingerprint density at radius 2 is 1.75 bits per heavy atom. The average Bonchev–Trinajstić information content (AvgIpc) is 3.87. The van der Waals surface area contributed by atoms with Gasteiger partial charge in [-0.15, -0.1) is 11.3 Å². The Morgan fingerprint density at radius 3 is 2.39 bits per heavy atom. The molecule has 67 heavy (non-hydrogen) atoms. The summed E-state index contributed by atoms with van der Waals surface area (Å²) in [7, 11) is 5.15. The van der Waals surface area contributed by atoms with Gasteiger partial charge in [0.15, 0.2) is 0 Å². The van der Waals surface area contributed by atoms with E-state index >= 15 is 0 Å². The number of nitrogens with two attached hydrogens (primary N) is 1. The normalized spacial score (nSPS) is 21.1. The maximum absolute atomic E-state index is 13.3. The third-order valence-electron chi connectivity index (χ3n) is 13.7. The number of aromatic nitrogens is 3. The minimum Gasteiger partial charge on any atom is -0.464 e. The maximum atomic E-state index is 13.3. The molecule has 1 aliphatic carbocycles. The second kappa shape index (κ2) is 21.3. The number of hydrogen-bond acceptors (Lipinski definition) is 10. The van der Waals surface area contributed by atoms with Gasteiger partial charge in [0, 0.05) is 107 Å². The van der Waals surface area contributed by atoms with Crippen LogP contribution < -0.4 is 11.2 Å². The molecule has 3 atom stereocenters. The summed E-state index contributed by atoms with van der Waals surface area (Å²) in [5.74, 6) is -0.748. The molecular formula is C51H77N9O6S. The van der Waals surface area contributed by atoms with Crippen LogP contribution in [0.2, 0.25) is 0 Å². The van der Waals surface area contributed by atoms with Crippen LogP contribution >= 0.6 is 11.3 Å². The number of carbonyl (C=O) groups is 5. The number of hydrazine groups is 1. The topological polar surface area (TPSA) is 176 Å². The first-order valence-electron chi connectivity index (χ1n) is 24.0. The van der Waals surface area contributed by atoms with Gasteiger partial charge in [0.25, 0.3) is 0 Å². The summed E-state index contributed by atoms with van der Waals surface area (Å²) in [6, 6.07) is 9.75. The Labute approximate surface area is 403 Å². The van der Waals surface area contributed by atoms with E-state index in [0.717, 1.165) is 53.3 Å². The molecule has 1 saturated carbocycles. The largest absolute Gasteiger partial charge is 0.464 e. The summed E-state index contributed by atoms with van der Waals surface area (Å²) in [6.45, 7) is 20.1. The van der Waals surface area contributed by atoms with Gasteiger partial charge in [-0.25, -0.2) is 15.2 Å². The number of carbonyl (C=O) groups excluding carboxylic acids is 5. The molecule has 0 spiro atoms. The molecule has 2 aliphatic heterocycles. The molecule has 15 nitrogen and oxygen atoms in total. The SMILES string of the molecule is CCC(=O)N(C)C1CC(N(C)C(=O)N(C)[C@H](C(N)=O)C(C)C)C1.CCn1c(-c2cccnc2C(C)C)c2c3cc(ccc31)-c1csc(n1)C[C@H](C)C(=O)N1CCC[C@H](N1)C(=O)OCC(C)(C)C2.[HH].[HH]. The first kappa shape index (κ1) is 51.0. The summed E-state index contributed by atoms with van der Waals surface area (Å²) in [6.07, 6.45) is 6.54. The van der Waals surface area contributed by atoms with Crippen LogP contribution in [0.4, 0.5) is 4.79 Å². The fraction of sp³-hybridized carbons (Fsp3) is 0.588. The number of ether oxygens (including phenoxy) is 1. The highest BCUT2D eigenvalue weighted by molar-refractivity contribution is 7.10. The van der Waals surface area contributed by atoms with E-state index in [9.17, 15) is 24.0 Å². The first-order chi connectivity index (χ1) is 31.7. The zero-order valence-corrected chi connectivity index (χ0v) is 42.5. The monoisotopic (exact) mass is 944 g/mol. The number of nitrogens with one attached hydrogen (secondary N) is 1. The van der Waals surface area contributed by atoms with Gasteiger partial charge in [-0.3, -0.25) is 29.2 Å². The van der Waals surface area contributed by atoms with Crippen LogP contribution in [0, 0.1) is 17.3 Å². The van der Waals surface area contributed by atoms with Gasteiger partial charge >= 0.3 is 12.0 Å². The van der Waals surface area contributed by atoms with Gasteiger partial charge in [0.05, 0.1) is 28.7 Å². The fourth-order valence-electron chi connectivity index (χ4n) is 9.78. The van der Waals surface area contributed by atoms with Gasteiger partial charge in [-0.1, -0.05) is 61.5 Å². The van der Waals surface area contributed by atoms with Crippen LogP contribution in [0.5, 0.6) is 0 Å². The summed E-state index contributed by atoms with van der Waals surface area (Å²) >= 11 is 1.60. The molecule has 7 rings (SSSR count). The van der Waals surface area contributed by atoms with Crippen molar-refractivity contribution in [1.82, 2.24) is 39.7 Å². The summed E-state index contributed by atoms with van der Waals surface area (Å²) in [4.78, 5) is 77.1.